The molecule has 0 aliphatic rings. The van der Waals surface area contributed by atoms with Gasteiger partial charge >= 0.3 is 0 Å². The third-order valence-electron chi connectivity index (χ3n) is 1.97. The molecule has 0 spiro atoms. The maximum absolute atomic E-state index is 8.91. The molecule has 0 bridgehead atoms. The smallest absolute Gasteiger partial charge is 0.125 e. The number of rotatable bonds is 4. The molecule has 0 fully saturated rings. The summed E-state index contributed by atoms with van der Waals surface area (Å²) >= 11 is 0. The first kappa shape index (κ1) is 10.6. The molecule has 1 aromatic heterocycles. The Morgan fingerprint density at radius 1 is 1.50 bits per heavy atom. The van der Waals surface area contributed by atoms with E-state index in [9.17, 15) is 0 Å². The van der Waals surface area contributed by atoms with Crippen LogP contribution in [0.25, 0.3) is 0 Å². The summed E-state index contributed by atoms with van der Waals surface area (Å²) in [7, 11) is 1.63. The van der Waals surface area contributed by atoms with Crippen molar-refractivity contribution >= 4 is 0 Å². The van der Waals surface area contributed by atoms with Crippen molar-refractivity contribution in [2.75, 3.05) is 13.7 Å². The zero-order valence-electron chi connectivity index (χ0n) is 8.40. The number of methoxy groups -OCH3 is 1. The molecular weight excluding hydrogens is 178 g/mol. The summed E-state index contributed by atoms with van der Waals surface area (Å²) in [5, 5.41) is 8.91. The van der Waals surface area contributed by atoms with Crippen molar-refractivity contribution in [2.45, 2.75) is 19.3 Å². The van der Waals surface area contributed by atoms with Crippen molar-refractivity contribution in [1.29, 1.82) is 5.26 Å². The second-order valence-electron chi connectivity index (χ2n) is 3.03. The quantitative estimate of drug-likeness (QED) is 0.722. The van der Waals surface area contributed by atoms with Crippen molar-refractivity contribution in [3.63, 3.8) is 0 Å². The van der Waals surface area contributed by atoms with Crippen molar-refractivity contribution in [1.82, 2.24) is 9.97 Å². The fourth-order valence-corrected chi connectivity index (χ4v) is 1.12. The maximum Gasteiger partial charge on any atom is 0.125 e. The Labute approximate surface area is 83.6 Å². The van der Waals surface area contributed by atoms with Gasteiger partial charge in [-0.05, 0) is 13.3 Å². The molecular formula is C10H13N3O. The predicted molar refractivity (Wildman–Crippen MR) is 51.6 cm³/mol. The van der Waals surface area contributed by atoms with Crippen LogP contribution in [0, 0.1) is 18.3 Å². The van der Waals surface area contributed by atoms with Gasteiger partial charge in [-0.1, -0.05) is 0 Å². The molecule has 0 radical (unpaired) electrons. The minimum absolute atomic E-state index is 0.171. The number of aromatic nitrogens is 2. The Kier molecular flexibility index (Phi) is 4.02. The summed E-state index contributed by atoms with van der Waals surface area (Å²) in [5.41, 5.74) is 0.857. The first-order valence-electron chi connectivity index (χ1n) is 4.45. The molecule has 1 aromatic rings. The van der Waals surface area contributed by atoms with Gasteiger partial charge in [0.25, 0.3) is 0 Å². The Morgan fingerprint density at radius 3 is 2.64 bits per heavy atom. The van der Waals surface area contributed by atoms with Gasteiger partial charge in [-0.25, -0.2) is 9.97 Å². The molecule has 0 aliphatic carbocycles. The third-order valence-corrected chi connectivity index (χ3v) is 1.97. The lowest BCUT2D eigenvalue weighted by Crippen LogP contribution is -2.02. The van der Waals surface area contributed by atoms with E-state index >= 15 is 0 Å². The van der Waals surface area contributed by atoms with Crippen LogP contribution in [0.2, 0.25) is 0 Å². The molecule has 1 atom stereocenters. The van der Waals surface area contributed by atoms with Crippen LogP contribution in [0.1, 0.15) is 23.7 Å². The Balaban J connectivity index is 2.70. The van der Waals surface area contributed by atoms with E-state index in [4.69, 9.17) is 10.00 Å². The lowest BCUT2D eigenvalue weighted by atomic mass is 10.0. The Hall–Kier alpha value is -1.47. The summed E-state index contributed by atoms with van der Waals surface area (Å²) in [6.45, 7) is 2.40. The van der Waals surface area contributed by atoms with Gasteiger partial charge in [-0.2, -0.15) is 5.26 Å². The van der Waals surface area contributed by atoms with Crippen LogP contribution in [0.3, 0.4) is 0 Å². The molecule has 4 nitrogen and oxygen atoms in total. The Morgan fingerprint density at radius 2 is 2.14 bits per heavy atom. The molecule has 1 rings (SSSR count). The second kappa shape index (κ2) is 5.30. The molecule has 0 aliphatic heterocycles. The topological polar surface area (TPSA) is 58.8 Å². The summed E-state index contributed by atoms with van der Waals surface area (Å²) in [5.74, 6) is 0.549. The summed E-state index contributed by atoms with van der Waals surface area (Å²) < 4.78 is 4.93. The van der Waals surface area contributed by atoms with Gasteiger partial charge in [-0.3, -0.25) is 0 Å². The lowest BCUT2D eigenvalue weighted by Gasteiger charge is -2.07. The molecule has 0 saturated carbocycles. The van der Waals surface area contributed by atoms with E-state index < -0.39 is 0 Å². The van der Waals surface area contributed by atoms with Gasteiger partial charge in [0.1, 0.15) is 5.82 Å². The number of hydrogen-bond donors (Lipinski definition) is 0. The minimum atomic E-state index is -0.171. The van der Waals surface area contributed by atoms with Crippen LogP contribution in [-0.2, 0) is 4.74 Å². The molecule has 0 aromatic carbocycles. The monoisotopic (exact) mass is 191 g/mol. The van der Waals surface area contributed by atoms with Gasteiger partial charge in [0, 0.05) is 31.7 Å². The van der Waals surface area contributed by atoms with Crippen molar-refractivity contribution in [3.05, 3.63) is 23.8 Å². The van der Waals surface area contributed by atoms with E-state index in [1.165, 1.54) is 0 Å². The molecule has 1 unspecified atom stereocenters. The highest BCUT2D eigenvalue weighted by molar-refractivity contribution is 5.18. The van der Waals surface area contributed by atoms with E-state index in [1.807, 2.05) is 6.92 Å². The number of ether oxygens (including phenoxy) is 1. The van der Waals surface area contributed by atoms with Gasteiger partial charge in [0.05, 0.1) is 12.0 Å². The Bertz CT molecular complexity index is 315. The molecule has 74 valence electrons. The van der Waals surface area contributed by atoms with Gasteiger partial charge in [0.2, 0.25) is 0 Å². The lowest BCUT2D eigenvalue weighted by molar-refractivity contribution is 0.192. The highest BCUT2D eigenvalue weighted by atomic mass is 16.5. The van der Waals surface area contributed by atoms with E-state index in [0.29, 0.717) is 13.0 Å². The molecule has 4 heteroatoms. The minimum Gasteiger partial charge on any atom is -0.385 e. The summed E-state index contributed by atoms with van der Waals surface area (Å²) in [6.07, 6.45) is 4.08. The van der Waals surface area contributed by atoms with Crippen molar-refractivity contribution in [2.24, 2.45) is 0 Å². The third kappa shape index (κ3) is 2.79. The van der Waals surface area contributed by atoms with E-state index in [-0.39, 0.29) is 5.92 Å². The maximum atomic E-state index is 8.91. The first-order valence-corrected chi connectivity index (χ1v) is 4.45. The standard InChI is InChI=1S/C10H13N3O/c1-8-12-6-10(7-13-8)9(5-11)3-4-14-2/h6-7,9H,3-4H2,1-2H3. The molecule has 0 saturated heterocycles. The van der Waals surface area contributed by atoms with E-state index in [0.717, 1.165) is 11.4 Å². The first-order chi connectivity index (χ1) is 6.77. The molecule has 14 heavy (non-hydrogen) atoms. The van der Waals surface area contributed by atoms with Crippen LogP contribution in [0.5, 0.6) is 0 Å². The van der Waals surface area contributed by atoms with Crippen LogP contribution in [0.15, 0.2) is 12.4 Å². The van der Waals surface area contributed by atoms with Crippen LogP contribution in [0.4, 0.5) is 0 Å². The molecule has 0 amide bonds. The fourth-order valence-electron chi connectivity index (χ4n) is 1.12. The molecule has 0 N–H and O–H groups in total. The van der Waals surface area contributed by atoms with E-state index in [1.54, 1.807) is 19.5 Å². The number of aryl methyl sites for hydroxylation is 1. The van der Waals surface area contributed by atoms with Gasteiger partial charge in [-0.15, -0.1) is 0 Å². The average Bonchev–Trinajstić information content (AvgIpc) is 2.21. The van der Waals surface area contributed by atoms with Crippen molar-refractivity contribution in [3.8, 4) is 6.07 Å². The van der Waals surface area contributed by atoms with Gasteiger partial charge in [0.15, 0.2) is 0 Å². The summed E-state index contributed by atoms with van der Waals surface area (Å²) in [4.78, 5) is 8.11. The van der Waals surface area contributed by atoms with Gasteiger partial charge < -0.3 is 4.74 Å². The SMILES string of the molecule is COCCC(C#N)c1cnc(C)nc1. The highest BCUT2D eigenvalue weighted by Crippen LogP contribution is 2.16. The number of nitriles is 1. The van der Waals surface area contributed by atoms with Crippen molar-refractivity contribution < 1.29 is 4.74 Å². The fraction of sp³-hybridized carbons (Fsp3) is 0.500. The van der Waals surface area contributed by atoms with Crippen LogP contribution in [-0.4, -0.2) is 23.7 Å². The highest BCUT2D eigenvalue weighted by Gasteiger charge is 2.10. The van der Waals surface area contributed by atoms with E-state index in [2.05, 4.69) is 16.0 Å². The largest absolute Gasteiger partial charge is 0.385 e. The molecule has 1 heterocycles. The average molecular weight is 191 g/mol. The summed E-state index contributed by atoms with van der Waals surface area (Å²) in [6, 6.07) is 2.21. The predicted octanol–water partition coefficient (Wildman–Crippen LogP) is 1.43. The van der Waals surface area contributed by atoms with Crippen LogP contribution < -0.4 is 0 Å². The number of nitrogens with zero attached hydrogens (tertiary/aromatic N) is 3. The zero-order valence-corrected chi connectivity index (χ0v) is 8.40. The normalized spacial score (nSPS) is 12.1. The number of hydrogen-bond acceptors (Lipinski definition) is 4. The van der Waals surface area contributed by atoms with Crippen LogP contribution >= 0.6 is 0 Å². The zero-order chi connectivity index (χ0) is 10.4. The second-order valence-corrected chi connectivity index (χ2v) is 3.03.